The highest BCUT2D eigenvalue weighted by molar-refractivity contribution is 7.89. The van der Waals surface area contributed by atoms with Crippen LogP contribution in [0.3, 0.4) is 0 Å². The quantitative estimate of drug-likeness (QED) is 0.519. The molecule has 180 valence electrons. The number of aryl methyl sites for hydroxylation is 1. The van der Waals surface area contributed by atoms with Crippen LogP contribution in [0.2, 0.25) is 0 Å². The van der Waals surface area contributed by atoms with E-state index in [-0.39, 0.29) is 41.8 Å². The van der Waals surface area contributed by atoms with Gasteiger partial charge in [-0.15, -0.1) is 0 Å². The third-order valence-corrected chi connectivity index (χ3v) is 7.65. The van der Waals surface area contributed by atoms with Gasteiger partial charge in [0.1, 0.15) is 0 Å². The molecule has 0 bridgehead atoms. The van der Waals surface area contributed by atoms with Crippen molar-refractivity contribution < 1.29 is 22.4 Å². The highest BCUT2D eigenvalue weighted by atomic mass is 32.2. The summed E-state index contributed by atoms with van der Waals surface area (Å²) in [5.74, 6) is -1.33. The van der Waals surface area contributed by atoms with E-state index in [1.165, 1.54) is 39.0 Å². The molecule has 1 saturated heterocycles. The van der Waals surface area contributed by atoms with Gasteiger partial charge in [0.25, 0.3) is 0 Å². The Balaban J connectivity index is 1.41. The zero-order chi connectivity index (χ0) is 24.3. The van der Waals surface area contributed by atoms with Crippen LogP contribution in [-0.2, 0) is 26.2 Å². The van der Waals surface area contributed by atoms with E-state index in [0.29, 0.717) is 24.3 Å². The predicted octanol–water partition coefficient (Wildman–Crippen LogP) is 1.87. The van der Waals surface area contributed by atoms with E-state index in [1.807, 2.05) is 6.07 Å². The van der Waals surface area contributed by atoms with Crippen molar-refractivity contribution in [1.82, 2.24) is 13.8 Å². The van der Waals surface area contributed by atoms with Crippen LogP contribution in [0.15, 0.2) is 62.6 Å². The maximum Gasteiger partial charge on any atom is 0.419 e. The lowest BCUT2D eigenvalue weighted by Crippen LogP contribution is -2.35. The van der Waals surface area contributed by atoms with Crippen LogP contribution in [0.25, 0.3) is 11.1 Å². The summed E-state index contributed by atoms with van der Waals surface area (Å²) in [7, 11) is -2.13. The average Bonchev–Trinajstić information content (AvgIpc) is 3.46. The second-order valence-electron chi connectivity index (χ2n) is 8.17. The number of rotatable bonds is 8. The van der Waals surface area contributed by atoms with Crippen molar-refractivity contribution in [1.29, 1.82) is 0 Å². The molecule has 1 aliphatic heterocycles. The summed E-state index contributed by atoms with van der Waals surface area (Å²) in [6.07, 6.45) is 1.62. The van der Waals surface area contributed by atoms with Gasteiger partial charge in [0.05, 0.1) is 17.0 Å². The van der Waals surface area contributed by atoms with Crippen LogP contribution < -0.4 is 11.1 Å². The van der Waals surface area contributed by atoms with Gasteiger partial charge in [-0.1, -0.05) is 18.2 Å². The summed E-state index contributed by atoms with van der Waals surface area (Å²) in [6.45, 7) is 0.856. The summed E-state index contributed by atoms with van der Waals surface area (Å²) in [5, 5.41) is 2.71. The predicted molar refractivity (Wildman–Crippen MR) is 126 cm³/mol. The average molecular weight is 487 g/mol. The van der Waals surface area contributed by atoms with Gasteiger partial charge in [0.15, 0.2) is 5.58 Å². The lowest BCUT2D eigenvalue weighted by molar-refractivity contribution is -0.133. The second-order valence-corrected chi connectivity index (χ2v) is 10.1. The topological polar surface area (TPSA) is 122 Å². The van der Waals surface area contributed by atoms with Gasteiger partial charge >= 0.3 is 5.76 Å². The van der Waals surface area contributed by atoms with E-state index in [1.54, 1.807) is 24.3 Å². The lowest BCUT2D eigenvalue weighted by Gasteiger charge is -2.17. The van der Waals surface area contributed by atoms with Crippen LogP contribution in [0.5, 0.6) is 0 Å². The first-order valence-electron chi connectivity index (χ1n) is 11.0. The Morgan fingerprint density at radius 2 is 1.79 bits per heavy atom. The Kier molecular flexibility index (Phi) is 6.85. The molecule has 0 spiro atoms. The molecule has 11 heteroatoms. The number of fused-ring (bicyclic) bond motifs is 1. The number of para-hydroxylation sites is 1. The highest BCUT2D eigenvalue weighted by Gasteiger charge is 2.28. The van der Waals surface area contributed by atoms with Crippen LogP contribution in [0.4, 0.5) is 5.69 Å². The molecule has 1 N–H and O–H groups in total. The fourth-order valence-electron chi connectivity index (χ4n) is 3.92. The van der Waals surface area contributed by atoms with E-state index in [4.69, 9.17) is 4.42 Å². The summed E-state index contributed by atoms with van der Waals surface area (Å²) >= 11 is 0. The number of amides is 2. The monoisotopic (exact) mass is 486 g/mol. The van der Waals surface area contributed by atoms with Crippen molar-refractivity contribution in [2.24, 2.45) is 0 Å². The van der Waals surface area contributed by atoms with Crippen LogP contribution >= 0.6 is 0 Å². The maximum atomic E-state index is 12.8. The molecule has 0 aliphatic carbocycles. The van der Waals surface area contributed by atoms with Gasteiger partial charge in [-0.25, -0.2) is 13.2 Å². The molecule has 0 atom stereocenters. The second kappa shape index (κ2) is 9.82. The van der Waals surface area contributed by atoms with Crippen LogP contribution in [0.1, 0.15) is 19.3 Å². The summed E-state index contributed by atoms with van der Waals surface area (Å²) in [6, 6.07) is 13.2. The number of aromatic nitrogens is 1. The minimum Gasteiger partial charge on any atom is -0.408 e. The number of sulfonamides is 1. The normalized spacial score (nSPS) is 14.4. The lowest BCUT2D eigenvalue weighted by atomic mass is 10.3. The third kappa shape index (κ3) is 5.05. The molecule has 0 unspecified atom stereocenters. The highest BCUT2D eigenvalue weighted by Crippen LogP contribution is 2.24. The van der Waals surface area contributed by atoms with Crippen molar-refractivity contribution in [3.05, 3.63) is 59.1 Å². The first kappa shape index (κ1) is 23.7. The molecule has 2 heterocycles. The summed E-state index contributed by atoms with van der Waals surface area (Å²) in [5.41, 5.74) is 1.19. The Bertz CT molecular complexity index is 1360. The molecule has 34 heavy (non-hydrogen) atoms. The molecular formula is C23H26N4O6S. The number of likely N-dealkylation sites (N-methyl/N-ethyl adjacent to an activating group) is 1. The molecule has 1 fully saturated rings. The summed E-state index contributed by atoms with van der Waals surface area (Å²) in [4.78, 5) is 38.4. The number of carbonyl (C=O) groups excluding carboxylic acids is 2. The number of hydrogen-bond donors (Lipinski definition) is 1. The smallest absolute Gasteiger partial charge is 0.408 e. The minimum absolute atomic E-state index is 0.0303. The SMILES string of the molecule is CN(CC(=O)Nc1ccccc1)C(=O)CCn1c(=O)oc2cc(S(=O)(=O)N3CCCC3)ccc21. The number of nitrogens with zero attached hydrogens (tertiary/aromatic N) is 3. The van der Waals surface area contributed by atoms with Crippen molar-refractivity contribution in [2.45, 2.75) is 30.7 Å². The maximum absolute atomic E-state index is 12.8. The summed E-state index contributed by atoms with van der Waals surface area (Å²) < 4.78 is 33.5. The number of carbonyl (C=O) groups is 2. The van der Waals surface area contributed by atoms with E-state index >= 15 is 0 Å². The van der Waals surface area contributed by atoms with Crippen LogP contribution in [0, 0.1) is 0 Å². The first-order chi connectivity index (χ1) is 16.3. The van der Waals surface area contributed by atoms with Crippen molar-refractivity contribution >= 4 is 38.6 Å². The Labute approximate surface area is 196 Å². The van der Waals surface area contributed by atoms with Gasteiger partial charge in [-0.3, -0.25) is 14.2 Å². The fourth-order valence-corrected chi connectivity index (χ4v) is 5.45. The minimum atomic E-state index is -3.64. The number of nitrogens with one attached hydrogen (secondary N) is 1. The van der Waals surface area contributed by atoms with Gasteiger partial charge in [-0.2, -0.15) is 4.31 Å². The van der Waals surface area contributed by atoms with Crippen molar-refractivity contribution in [2.75, 3.05) is 32.0 Å². The zero-order valence-electron chi connectivity index (χ0n) is 18.8. The number of oxazole rings is 1. The van der Waals surface area contributed by atoms with Gasteiger partial charge in [0, 0.05) is 44.9 Å². The van der Waals surface area contributed by atoms with Gasteiger partial charge in [0.2, 0.25) is 21.8 Å². The third-order valence-electron chi connectivity index (χ3n) is 5.76. The molecule has 2 amide bonds. The number of hydrogen-bond acceptors (Lipinski definition) is 6. The molecule has 4 rings (SSSR count). The zero-order valence-corrected chi connectivity index (χ0v) is 19.6. The van der Waals surface area contributed by atoms with E-state index < -0.39 is 15.8 Å². The van der Waals surface area contributed by atoms with E-state index in [0.717, 1.165) is 12.8 Å². The van der Waals surface area contributed by atoms with Crippen LogP contribution in [-0.4, -0.2) is 60.7 Å². The Hall–Kier alpha value is -3.44. The molecule has 0 radical (unpaired) electrons. The molecule has 0 saturated carbocycles. The van der Waals surface area contributed by atoms with E-state index in [9.17, 15) is 22.8 Å². The largest absolute Gasteiger partial charge is 0.419 e. The molecule has 1 aliphatic rings. The number of benzene rings is 2. The Morgan fingerprint density at radius 1 is 1.09 bits per heavy atom. The Morgan fingerprint density at radius 3 is 2.50 bits per heavy atom. The molecule has 3 aromatic rings. The fraction of sp³-hybridized carbons (Fsp3) is 0.348. The van der Waals surface area contributed by atoms with Gasteiger partial charge < -0.3 is 14.6 Å². The van der Waals surface area contributed by atoms with Crippen molar-refractivity contribution in [3.8, 4) is 0 Å². The standard InChI is InChI=1S/C23H26N4O6S/c1-25(16-21(28)24-17-7-3-2-4-8-17)22(29)11-14-27-19-10-9-18(15-20(19)33-23(27)30)34(31,32)26-12-5-6-13-26/h2-4,7-10,15H,5-6,11-14,16H2,1H3,(H,24,28). The molecule has 10 nitrogen and oxygen atoms in total. The molecule has 2 aromatic carbocycles. The van der Waals surface area contributed by atoms with E-state index in [2.05, 4.69) is 5.32 Å². The molecular weight excluding hydrogens is 460 g/mol. The molecule has 1 aromatic heterocycles. The number of anilines is 1. The van der Waals surface area contributed by atoms with Gasteiger partial charge in [-0.05, 0) is 37.1 Å². The first-order valence-corrected chi connectivity index (χ1v) is 12.4. The van der Waals surface area contributed by atoms with Crippen molar-refractivity contribution in [3.63, 3.8) is 0 Å².